The van der Waals surface area contributed by atoms with Gasteiger partial charge in [0.15, 0.2) is 0 Å². The first-order chi connectivity index (χ1) is 8.22. The van der Waals surface area contributed by atoms with Crippen molar-refractivity contribution >= 4 is 11.4 Å². The van der Waals surface area contributed by atoms with Crippen molar-refractivity contribution in [2.24, 2.45) is 0 Å². The van der Waals surface area contributed by atoms with Gasteiger partial charge >= 0.3 is 0 Å². The van der Waals surface area contributed by atoms with E-state index in [1.807, 2.05) is 32.0 Å². The maximum atomic E-state index is 9.02. The Kier molecular flexibility index (Phi) is 3.06. The van der Waals surface area contributed by atoms with Gasteiger partial charge in [-0.1, -0.05) is 18.2 Å². The van der Waals surface area contributed by atoms with Gasteiger partial charge in [-0.25, -0.2) is 0 Å². The number of aromatic nitrogens is 1. The van der Waals surface area contributed by atoms with Crippen molar-refractivity contribution in [2.75, 3.05) is 5.32 Å². The van der Waals surface area contributed by atoms with E-state index in [1.54, 1.807) is 18.5 Å². The van der Waals surface area contributed by atoms with Crippen molar-refractivity contribution in [2.45, 2.75) is 13.8 Å². The van der Waals surface area contributed by atoms with Gasteiger partial charge in [0.25, 0.3) is 0 Å². The van der Waals surface area contributed by atoms with E-state index in [0.717, 1.165) is 22.5 Å². The lowest BCUT2D eigenvalue weighted by Gasteiger charge is -2.13. The Hall–Kier alpha value is -2.34. The molecular weight excluding hydrogens is 210 g/mol. The molecule has 0 saturated carbocycles. The highest BCUT2D eigenvalue weighted by Gasteiger charge is 2.05. The number of para-hydroxylation sites is 1. The van der Waals surface area contributed by atoms with E-state index >= 15 is 0 Å². The number of aryl methyl sites for hydroxylation is 2. The molecule has 0 aliphatic rings. The zero-order valence-electron chi connectivity index (χ0n) is 9.86. The predicted octanol–water partition coefficient (Wildman–Crippen LogP) is 3.31. The molecule has 1 aromatic heterocycles. The summed E-state index contributed by atoms with van der Waals surface area (Å²) >= 11 is 0. The maximum absolute atomic E-state index is 9.02. The molecule has 0 aliphatic carbocycles. The number of hydrogen-bond donors (Lipinski definition) is 1. The molecule has 0 atom stereocenters. The first-order valence-electron chi connectivity index (χ1n) is 5.39. The summed E-state index contributed by atoms with van der Waals surface area (Å²) in [6.07, 6.45) is 3.29. The highest BCUT2D eigenvalue weighted by Crippen LogP contribution is 2.25. The van der Waals surface area contributed by atoms with Crippen LogP contribution in [0.15, 0.2) is 36.7 Å². The minimum absolute atomic E-state index is 0.600. The first-order valence-corrected chi connectivity index (χ1v) is 5.39. The predicted molar refractivity (Wildman–Crippen MR) is 68.2 cm³/mol. The van der Waals surface area contributed by atoms with Gasteiger partial charge in [0.05, 0.1) is 17.4 Å². The fraction of sp³-hybridized carbons (Fsp3) is 0.143. The minimum atomic E-state index is 0.600. The average Bonchev–Trinajstić information content (AvgIpc) is 2.34. The number of anilines is 2. The summed E-state index contributed by atoms with van der Waals surface area (Å²) in [5.41, 5.74) is 4.68. The molecule has 2 aromatic rings. The Morgan fingerprint density at radius 2 is 1.88 bits per heavy atom. The summed E-state index contributed by atoms with van der Waals surface area (Å²) in [7, 11) is 0. The molecule has 0 unspecified atom stereocenters. The first kappa shape index (κ1) is 11.2. The summed E-state index contributed by atoms with van der Waals surface area (Å²) in [5, 5.41) is 12.3. The van der Waals surface area contributed by atoms with Crippen molar-refractivity contribution in [3.8, 4) is 6.07 Å². The number of pyridine rings is 1. The maximum Gasteiger partial charge on any atom is 0.101 e. The monoisotopic (exact) mass is 223 g/mol. The molecule has 17 heavy (non-hydrogen) atoms. The molecule has 0 amide bonds. The largest absolute Gasteiger partial charge is 0.353 e. The van der Waals surface area contributed by atoms with Crippen LogP contribution in [0.25, 0.3) is 0 Å². The fourth-order valence-corrected chi connectivity index (χ4v) is 1.74. The van der Waals surface area contributed by atoms with E-state index in [2.05, 4.69) is 16.4 Å². The molecule has 3 nitrogen and oxygen atoms in total. The number of hydrogen-bond acceptors (Lipinski definition) is 3. The van der Waals surface area contributed by atoms with Crippen LogP contribution in [0.4, 0.5) is 11.4 Å². The van der Waals surface area contributed by atoms with Gasteiger partial charge in [0, 0.05) is 11.9 Å². The van der Waals surface area contributed by atoms with Gasteiger partial charge in [-0.05, 0) is 31.0 Å². The van der Waals surface area contributed by atoms with Crippen molar-refractivity contribution in [1.29, 1.82) is 5.26 Å². The highest BCUT2D eigenvalue weighted by atomic mass is 14.9. The third-order valence-corrected chi connectivity index (χ3v) is 2.68. The quantitative estimate of drug-likeness (QED) is 0.849. The molecule has 0 radical (unpaired) electrons. The lowest BCUT2D eigenvalue weighted by molar-refractivity contribution is 1.29. The van der Waals surface area contributed by atoms with Crippen LogP contribution in [-0.4, -0.2) is 4.98 Å². The Balaban J connectivity index is 2.42. The highest BCUT2D eigenvalue weighted by molar-refractivity contribution is 5.69. The summed E-state index contributed by atoms with van der Waals surface area (Å²) in [4.78, 5) is 4.04. The molecule has 2 rings (SSSR count). The summed E-state index contributed by atoms with van der Waals surface area (Å²) in [5.74, 6) is 0. The average molecular weight is 223 g/mol. The van der Waals surface area contributed by atoms with E-state index in [9.17, 15) is 0 Å². The summed E-state index contributed by atoms with van der Waals surface area (Å²) in [6, 6.07) is 9.95. The molecule has 0 spiro atoms. The summed E-state index contributed by atoms with van der Waals surface area (Å²) < 4.78 is 0. The molecular formula is C14H13N3. The number of nitriles is 1. The second-order valence-corrected chi connectivity index (χ2v) is 3.92. The van der Waals surface area contributed by atoms with E-state index in [1.165, 1.54) is 0 Å². The second-order valence-electron chi connectivity index (χ2n) is 3.92. The molecule has 0 saturated heterocycles. The molecule has 0 fully saturated rings. The van der Waals surface area contributed by atoms with Crippen molar-refractivity contribution in [3.63, 3.8) is 0 Å². The van der Waals surface area contributed by atoms with Crippen molar-refractivity contribution in [3.05, 3.63) is 53.3 Å². The topological polar surface area (TPSA) is 48.7 Å². The Morgan fingerprint density at radius 3 is 2.53 bits per heavy atom. The lowest BCUT2D eigenvalue weighted by Crippen LogP contribution is -1.98. The Morgan fingerprint density at radius 1 is 1.18 bits per heavy atom. The Bertz CT molecular complexity index is 562. The van der Waals surface area contributed by atoms with Crippen molar-refractivity contribution < 1.29 is 0 Å². The van der Waals surface area contributed by atoms with Crippen LogP contribution < -0.4 is 5.32 Å². The molecule has 1 aromatic carbocycles. The van der Waals surface area contributed by atoms with E-state index in [0.29, 0.717) is 5.56 Å². The van der Waals surface area contributed by atoms with Crippen LogP contribution in [0.1, 0.15) is 16.7 Å². The standard InChI is InChI=1S/C14H13N3/c1-10-4-3-5-11(2)14(10)17-13-9-16-7-6-12(13)8-15/h3-7,9,17H,1-2H3. The van der Waals surface area contributed by atoms with Gasteiger partial charge in [-0.3, -0.25) is 4.98 Å². The zero-order valence-corrected chi connectivity index (χ0v) is 9.86. The second kappa shape index (κ2) is 4.67. The zero-order chi connectivity index (χ0) is 12.3. The van der Waals surface area contributed by atoms with Crippen LogP contribution >= 0.6 is 0 Å². The molecule has 0 aliphatic heterocycles. The molecule has 1 heterocycles. The lowest BCUT2D eigenvalue weighted by atomic mass is 10.1. The number of rotatable bonds is 2. The van der Waals surface area contributed by atoms with Crippen LogP contribution in [0.2, 0.25) is 0 Å². The van der Waals surface area contributed by atoms with Crippen LogP contribution in [0.3, 0.4) is 0 Å². The van der Waals surface area contributed by atoms with Gasteiger partial charge in [-0.15, -0.1) is 0 Å². The van der Waals surface area contributed by atoms with Crippen LogP contribution in [0, 0.1) is 25.2 Å². The Labute approximate surface area is 101 Å². The molecule has 84 valence electrons. The SMILES string of the molecule is Cc1cccc(C)c1Nc1cnccc1C#N. The normalized spacial score (nSPS) is 9.71. The third kappa shape index (κ3) is 2.26. The molecule has 3 heteroatoms. The summed E-state index contributed by atoms with van der Waals surface area (Å²) in [6.45, 7) is 4.08. The third-order valence-electron chi connectivity index (χ3n) is 2.68. The van der Waals surface area contributed by atoms with E-state index < -0.39 is 0 Å². The van der Waals surface area contributed by atoms with Crippen LogP contribution in [0.5, 0.6) is 0 Å². The van der Waals surface area contributed by atoms with Gasteiger partial charge in [0.2, 0.25) is 0 Å². The van der Waals surface area contributed by atoms with E-state index in [-0.39, 0.29) is 0 Å². The number of nitrogens with one attached hydrogen (secondary N) is 1. The smallest absolute Gasteiger partial charge is 0.101 e. The van der Waals surface area contributed by atoms with Gasteiger partial charge in [0.1, 0.15) is 6.07 Å². The van der Waals surface area contributed by atoms with Gasteiger partial charge < -0.3 is 5.32 Å². The number of nitrogens with zero attached hydrogens (tertiary/aromatic N) is 2. The van der Waals surface area contributed by atoms with Gasteiger partial charge in [-0.2, -0.15) is 5.26 Å². The fourth-order valence-electron chi connectivity index (χ4n) is 1.74. The van der Waals surface area contributed by atoms with E-state index in [4.69, 9.17) is 5.26 Å². The number of benzene rings is 1. The molecule has 0 bridgehead atoms. The minimum Gasteiger partial charge on any atom is -0.353 e. The molecule has 1 N–H and O–H groups in total. The van der Waals surface area contributed by atoms with Crippen LogP contribution in [-0.2, 0) is 0 Å². The van der Waals surface area contributed by atoms with Crippen molar-refractivity contribution in [1.82, 2.24) is 4.98 Å².